The van der Waals surface area contributed by atoms with Crippen LogP contribution in [-0.2, 0) is 0 Å². The monoisotopic (exact) mass is 324 g/mol. The molecule has 4 rings (SSSR count). The number of para-hydroxylation sites is 1. The molecule has 3 aromatic rings. The third-order valence-electron chi connectivity index (χ3n) is 4.51. The van der Waals surface area contributed by atoms with E-state index in [1.807, 2.05) is 41.4 Å². The van der Waals surface area contributed by atoms with Gasteiger partial charge >= 0.3 is 0 Å². The van der Waals surface area contributed by atoms with Gasteiger partial charge in [-0.2, -0.15) is 0 Å². The largest absolute Gasteiger partial charge is 0.361 e. The van der Waals surface area contributed by atoms with Crippen molar-refractivity contribution in [1.29, 1.82) is 0 Å². The fraction of sp³-hybridized carbons (Fsp3) is 0.211. The van der Waals surface area contributed by atoms with Gasteiger partial charge in [-0.3, -0.25) is 4.79 Å². The van der Waals surface area contributed by atoms with Crippen LogP contribution in [0.5, 0.6) is 0 Å². The van der Waals surface area contributed by atoms with E-state index in [-0.39, 0.29) is 11.9 Å². The summed E-state index contributed by atoms with van der Waals surface area (Å²) in [4.78, 5) is 18.1. The SMILES string of the molecule is O=C1c2ccccc2C(c2c[nH]c3ccccc23)N1CCCCl. The molecule has 0 spiro atoms. The van der Waals surface area contributed by atoms with E-state index >= 15 is 0 Å². The first-order chi connectivity index (χ1) is 11.3. The van der Waals surface area contributed by atoms with Crippen molar-refractivity contribution in [1.82, 2.24) is 9.88 Å². The second kappa shape index (κ2) is 5.74. The molecule has 4 heteroatoms. The molecule has 1 unspecified atom stereocenters. The lowest BCUT2D eigenvalue weighted by Crippen LogP contribution is -2.30. The van der Waals surface area contributed by atoms with Crippen LogP contribution >= 0.6 is 11.6 Å². The Balaban J connectivity index is 1.87. The topological polar surface area (TPSA) is 36.1 Å². The minimum atomic E-state index is -0.0435. The molecule has 0 radical (unpaired) electrons. The molecule has 0 saturated heterocycles. The third-order valence-corrected chi connectivity index (χ3v) is 4.77. The Labute approximate surface area is 139 Å². The summed E-state index contributed by atoms with van der Waals surface area (Å²) in [5.74, 6) is 0.654. The van der Waals surface area contributed by atoms with Crippen molar-refractivity contribution in [3.8, 4) is 0 Å². The summed E-state index contributed by atoms with van der Waals surface area (Å²) in [6.45, 7) is 0.668. The number of alkyl halides is 1. The fourth-order valence-electron chi connectivity index (χ4n) is 3.49. The number of fused-ring (bicyclic) bond motifs is 2. The van der Waals surface area contributed by atoms with Crippen LogP contribution in [0, 0.1) is 0 Å². The first-order valence-electron chi connectivity index (χ1n) is 7.83. The molecule has 1 aliphatic heterocycles. The molecule has 1 amide bonds. The molecule has 0 bridgehead atoms. The number of hydrogen-bond acceptors (Lipinski definition) is 1. The first kappa shape index (κ1) is 14.3. The van der Waals surface area contributed by atoms with Gasteiger partial charge in [-0.1, -0.05) is 36.4 Å². The van der Waals surface area contributed by atoms with Crippen molar-refractivity contribution in [2.24, 2.45) is 0 Å². The van der Waals surface area contributed by atoms with Crippen LogP contribution in [0.3, 0.4) is 0 Å². The highest BCUT2D eigenvalue weighted by Crippen LogP contribution is 2.40. The second-order valence-corrected chi connectivity index (χ2v) is 6.20. The lowest BCUT2D eigenvalue weighted by Gasteiger charge is -2.25. The quantitative estimate of drug-likeness (QED) is 0.712. The summed E-state index contributed by atoms with van der Waals surface area (Å²) in [6.07, 6.45) is 2.82. The van der Waals surface area contributed by atoms with Gasteiger partial charge in [0.2, 0.25) is 0 Å². The summed E-state index contributed by atoms with van der Waals surface area (Å²) in [5, 5.41) is 1.16. The van der Waals surface area contributed by atoms with E-state index < -0.39 is 0 Å². The number of nitrogens with one attached hydrogen (secondary N) is 1. The van der Waals surface area contributed by atoms with Crippen LogP contribution < -0.4 is 0 Å². The second-order valence-electron chi connectivity index (χ2n) is 5.82. The van der Waals surface area contributed by atoms with Crippen LogP contribution in [0.25, 0.3) is 10.9 Å². The Kier molecular flexibility index (Phi) is 3.58. The average molecular weight is 325 g/mol. The first-order valence-corrected chi connectivity index (χ1v) is 8.36. The smallest absolute Gasteiger partial charge is 0.255 e. The molecule has 0 aliphatic carbocycles. The van der Waals surface area contributed by atoms with E-state index in [0.29, 0.717) is 12.4 Å². The van der Waals surface area contributed by atoms with Gasteiger partial charge in [-0.15, -0.1) is 11.6 Å². The number of carbonyl (C=O) groups is 1. The molecule has 1 aliphatic rings. The highest BCUT2D eigenvalue weighted by molar-refractivity contribution is 6.17. The van der Waals surface area contributed by atoms with Crippen molar-refractivity contribution < 1.29 is 4.79 Å². The Morgan fingerprint density at radius 3 is 2.70 bits per heavy atom. The number of aromatic nitrogens is 1. The van der Waals surface area contributed by atoms with Gasteiger partial charge in [0.1, 0.15) is 0 Å². The zero-order chi connectivity index (χ0) is 15.8. The summed E-state index contributed by atoms with van der Waals surface area (Å²) in [7, 11) is 0. The molecular weight excluding hydrogens is 308 g/mol. The van der Waals surface area contributed by atoms with Crippen molar-refractivity contribution >= 4 is 28.4 Å². The number of H-pyrrole nitrogens is 1. The molecular formula is C19H17ClN2O. The van der Waals surface area contributed by atoms with Crippen LogP contribution in [0.4, 0.5) is 0 Å². The lowest BCUT2D eigenvalue weighted by molar-refractivity contribution is 0.0751. The standard InChI is InChI=1S/C19H17ClN2O/c20-10-5-11-22-18(14-7-1-2-8-15(14)19(22)23)16-12-21-17-9-4-3-6-13(16)17/h1-4,6-9,12,18,21H,5,10-11H2. The molecule has 2 aromatic carbocycles. The number of halogens is 1. The van der Waals surface area contributed by atoms with E-state index in [1.54, 1.807) is 0 Å². The van der Waals surface area contributed by atoms with Crippen molar-refractivity contribution in [3.05, 3.63) is 71.4 Å². The number of aromatic amines is 1. The molecule has 3 nitrogen and oxygen atoms in total. The Morgan fingerprint density at radius 1 is 1.04 bits per heavy atom. The average Bonchev–Trinajstić information content (AvgIpc) is 3.13. The number of amides is 1. The van der Waals surface area contributed by atoms with Gasteiger partial charge in [0.15, 0.2) is 0 Å². The Bertz CT molecular complexity index is 870. The van der Waals surface area contributed by atoms with Gasteiger partial charge in [-0.05, 0) is 24.1 Å². The maximum atomic E-state index is 12.8. The molecule has 2 heterocycles. The predicted octanol–water partition coefficient (Wildman–Crippen LogP) is 4.34. The van der Waals surface area contributed by atoms with Crippen LogP contribution in [0.1, 0.15) is 33.9 Å². The molecule has 0 saturated carbocycles. The summed E-state index contributed by atoms with van der Waals surface area (Å²) < 4.78 is 0. The molecule has 23 heavy (non-hydrogen) atoms. The van der Waals surface area contributed by atoms with Crippen molar-refractivity contribution in [3.63, 3.8) is 0 Å². The normalized spacial score (nSPS) is 17.0. The number of hydrogen-bond donors (Lipinski definition) is 1. The molecule has 1 N–H and O–H groups in total. The van der Waals surface area contributed by atoms with Crippen LogP contribution in [0.15, 0.2) is 54.7 Å². The van der Waals surface area contributed by atoms with E-state index in [2.05, 4.69) is 23.2 Å². The fourth-order valence-corrected chi connectivity index (χ4v) is 3.61. The van der Waals surface area contributed by atoms with E-state index in [9.17, 15) is 4.79 Å². The number of rotatable bonds is 4. The van der Waals surface area contributed by atoms with Crippen molar-refractivity contribution in [2.45, 2.75) is 12.5 Å². The van der Waals surface area contributed by atoms with E-state index in [1.165, 1.54) is 0 Å². The minimum Gasteiger partial charge on any atom is -0.361 e. The number of carbonyl (C=O) groups excluding carboxylic acids is 1. The maximum absolute atomic E-state index is 12.8. The highest BCUT2D eigenvalue weighted by atomic mass is 35.5. The van der Waals surface area contributed by atoms with Gasteiger partial charge < -0.3 is 9.88 Å². The van der Waals surface area contributed by atoms with Crippen LogP contribution in [0.2, 0.25) is 0 Å². The van der Waals surface area contributed by atoms with E-state index in [0.717, 1.165) is 34.0 Å². The Hall–Kier alpha value is -2.26. The van der Waals surface area contributed by atoms with Gasteiger partial charge in [0.05, 0.1) is 6.04 Å². The summed E-state index contributed by atoms with van der Waals surface area (Å²) in [6, 6.07) is 16.1. The molecule has 116 valence electrons. The summed E-state index contributed by atoms with van der Waals surface area (Å²) in [5.41, 5.74) is 4.12. The number of benzene rings is 2. The van der Waals surface area contributed by atoms with Gasteiger partial charge in [0.25, 0.3) is 5.91 Å². The number of nitrogens with zero attached hydrogens (tertiary/aromatic N) is 1. The zero-order valence-electron chi connectivity index (χ0n) is 12.6. The zero-order valence-corrected chi connectivity index (χ0v) is 13.4. The third kappa shape index (κ3) is 2.23. The van der Waals surface area contributed by atoms with Gasteiger partial charge in [-0.25, -0.2) is 0 Å². The van der Waals surface area contributed by atoms with Crippen molar-refractivity contribution in [2.75, 3.05) is 12.4 Å². The Morgan fingerprint density at radius 2 is 1.83 bits per heavy atom. The minimum absolute atomic E-state index is 0.0435. The van der Waals surface area contributed by atoms with E-state index in [4.69, 9.17) is 11.6 Å². The molecule has 1 aromatic heterocycles. The highest BCUT2D eigenvalue weighted by Gasteiger charge is 2.37. The van der Waals surface area contributed by atoms with Gasteiger partial charge in [0, 0.05) is 40.7 Å². The molecule has 1 atom stereocenters. The molecule has 0 fully saturated rings. The summed E-state index contributed by atoms with van der Waals surface area (Å²) >= 11 is 5.86. The maximum Gasteiger partial charge on any atom is 0.255 e. The predicted molar refractivity (Wildman–Crippen MR) is 93.0 cm³/mol. The van der Waals surface area contributed by atoms with Crippen LogP contribution in [-0.4, -0.2) is 28.2 Å². The lowest BCUT2D eigenvalue weighted by atomic mass is 9.97.